The van der Waals surface area contributed by atoms with Gasteiger partial charge in [-0.1, -0.05) is 11.6 Å². The van der Waals surface area contributed by atoms with Crippen LogP contribution in [0.3, 0.4) is 0 Å². The number of halogens is 2. The summed E-state index contributed by atoms with van der Waals surface area (Å²) in [5.41, 5.74) is 2.50. The number of fused-ring (bicyclic) bond motifs is 3. The van der Waals surface area contributed by atoms with Crippen molar-refractivity contribution in [1.82, 2.24) is 15.1 Å². The molecule has 174 valence electrons. The third-order valence-corrected chi connectivity index (χ3v) is 6.33. The highest BCUT2D eigenvalue weighted by Crippen LogP contribution is 2.43. The highest BCUT2D eigenvalue weighted by atomic mass is 35.5. The summed E-state index contributed by atoms with van der Waals surface area (Å²) in [6.07, 6.45) is 1.81. The number of hydrogen-bond acceptors (Lipinski definition) is 5. The Balaban J connectivity index is 1.37. The van der Waals surface area contributed by atoms with E-state index in [0.717, 1.165) is 40.9 Å². The average molecular weight is 473 g/mol. The average Bonchev–Trinajstić information content (AvgIpc) is 3.52. The van der Waals surface area contributed by atoms with Crippen molar-refractivity contribution >= 4 is 33.9 Å². The molecule has 3 aliphatic rings. The number of anilines is 2. The largest absolute Gasteiger partial charge is 0.493 e. The smallest absolute Gasteiger partial charge is 0.161 e. The molecule has 0 bridgehead atoms. The van der Waals surface area contributed by atoms with Crippen LogP contribution in [0.5, 0.6) is 11.5 Å². The van der Waals surface area contributed by atoms with Gasteiger partial charge in [0.2, 0.25) is 0 Å². The summed E-state index contributed by atoms with van der Waals surface area (Å²) in [5, 5.41) is 21.9. The lowest BCUT2D eigenvalue weighted by molar-refractivity contribution is 0.0748. The third kappa shape index (κ3) is 4.46. The second kappa shape index (κ2) is 9.13. The molecule has 7 nitrogen and oxygen atoms in total. The van der Waals surface area contributed by atoms with E-state index in [0.29, 0.717) is 23.7 Å². The summed E-state index contributed by atoms with van der Waals surface area (Å²) in [6.45, 7) is 2.87. The Bertz CT molecular complexity index is 1230. The molecule has 0 amide bonds. The molecule has 9 heteroatoms. The summed E-state index contributed by atoms with van der Waals surface area (Å²) in [4.78, 5) is 2.26. The molecule has 0 spiro atoms. The van der Waals surface area contributed by atoms with Gasteiger partial charge in [0.25, 0.3) is 0 Å². The van der Waals surface area contributed by atoms with E-state index in [9.17, 15) is 9.50 Å². The molecule has 1 fully saturated rings. The number of β-amino-alcohol motifs (C(OH)–C–C–N with tert-alkyl or cyclic N) is 1. The zero-order valence-electron chi connectivity index (χ0n) is 18.3. The van der Waals surface area contributed by atoms with Crippen molar-refractivity contribution in [1.29, 1.82) is 0 Å². The maximum atomic E-state index is 13.5. The molecule has 1 saturated heterocycles. The van der Waals surface area contributed by atoms with Crippen LogP contribution in [0.15, 0.2) is 36.4 Å². The number of aliphatic hydroxyl groups excluding tert-OH is 1. The number of benzene rings is 2. The molecular formula is C24H26ClFN4O3. The van der Waals surface area contributed by atoms with Crippen molar-refractivity contribution < 1.29 is 19.0 Å². The van der Waals surface area contributed by atoms with Crippen LogP contribution in [0.25, 0.3) is 22.0 Å². The predicted molar refractivity (Wildman–Crippen MR) is 128 cm³/mol. The third-order valence-electron chi connectivity index (χ3n) is 6.04. The Kier molecular flexibility index (Phi) is 6.05. The van der Waals surface area contributed by atoms with Crippen LogP contribution in [0.1, 0.15) is 12.8 Å². The lowest BCUT2D eigenvalue weighted by Crippen LogP contribution is -2.33. The van der Waals surface area contributed by atoms with Gasteiger partial charge in [-0.05, 0) is 67.7 Å². The van der Waals surface area contributed by atoms with Gasteiger partial charge in [-0.15, -0.1) is 0 Å². The monoisotopic (exact) mass is 472 g/mol. The SMILES string of the molecule is COc1cc2c3[nH][nH]c(Nc4ccc(F)c(Cl)c4)c-3cc2cc1OCC(O)CN1CCCC1. The minimum absolute atomic E-state index is 0.0536. The Morgan fingerprint density at radius 1 is 1.15 bits per heavy atom. The van der Waals surface area contributed by atoms with Crippen LogP contribution in [-0.2, 0) is 0 Å². The van der Waals surface area contributed by atoms with Gasteiger partial charge in [-0.2, -0.15) is 0 Å². The lowest BCUT2D eigenvalue weighted by atomic mass is 10.2. The van der Waals surface area contributed by atoms with Gasteiger partial charge in [0.05, 0.1) is 17.8 Å². The first-order chi connectivity index (χ1) is 16.0. The fourth-order valence-corrected chi connectivity index (χ4v) is 4.58. The van der Waals surface area contributed by atoms with Crippen molar-refractivity contribution in [3.05, 3.63) is 47.2 Å². The number of aromatic nitrogens is 2. The molecule has 1 atom stereocenters. The number of ether oxygens (including phenoxy) is 2. The van der Waals surface area contributed by atoms with Crippen molar-refractivity contribution in [3.8, 4) is 22.8 Å². The maximum absolute atomic E-state index is 13.5. The molecule has 2 heterocycles. The van der Waals surface area contributed by atoms with E-state index >= 15 is 0 Å². The molecule has 2 aromatic rings. The van der Waals surface area contributed by atoms with E-state index in [1.54, 1.807) is 13.2 Å². The van der Waals surface area contributed by atoms with Crippen LogP contribution < -0.4 is 14.8 Å². The standard InChI is InChI=1S/C24H26ClFN4O3/c1-32-21-11-17-14(9-22(21)33-13-16(31)12-30-6-2-3-7-30)8-18-23(17)28-29-24(18)27-15-4-5-20(26)19(25)10-15/h4-5,8-11,16,27-29,31H,2-3,6-7,12-13H2,1H3. The number of hydrogen-bond donors (Lipinski definition) is 4. The Labute approximate surface area is 195 Å². The number of rotatable bonds is 8. The first-order valence-electron chi connectivity index (χ1n) is 11.0. The molecule has 0 saturated carbocycles. The number of likely N-dealkylation sites (tertiary alicyclic amines) is 1. The second-order valence-corrected chi connectivity index (χ2v) is 8.78. The number of aromatic amines is 2. The van der Waals surface area contributed by atoms with Crippen LogP contribution in [-0.4, -0.2) is 59.7 Å². The summed E-state index contributed by atoms with van der Waals surface area (Å²) in [5.74, 6) is 1.45. The quantitative estimate of drug-likeness (QED) is 0.290. The van der Waals surface area contributed by atoms with Crippen molar-refractivity contribution in [2.45, 2.75) is 18.9 Å². The van der Waals surface area contributed by atoms with Gasteiger partial charge in [0.15, 0.2) is 11.5 Å². The van der Waals surface area contributed by atoms with E-state index in [4.69, 9.17) is 21.1 Å². The van der Waals surface area contributed by atoms with Crippen molar-refractivity contribution in [2.24, 2.45) is 0 Å². The van der Waals surface area contributed by atoms with Crippen LogP contribution in [0, 0.1) is 5.82 Å². The number of H-pyrrole nitrogens is 2. The molecule has 2 aromatic carbocycles. The number of methoxy groups -OCH3 is 1. The summed E-state index contributed by atoms with van der Waals surface area (Å²) in [6, 6.07) is 10.3. The summed E-state index contributed by atoms with van der Waals surface area (Å²) in [7, 11) is 1.60. The second-order valence-electron chi connectivity index (χ2n) is 8.37. The van der Waals surface area contributed by atoms with Gasteiger partial charge in [0, 0.05) is 23.2 Å². The van der Waals surface area contributed by atoms with Gasteiger partial charge in [-0.25, -0.2) is 4.39 Å². The minimum atomic E-state index is -0.564. The molecule has 4 N–H and O–H groups in total. The van der Waals surface area contributed by atoms with Gasteiger partial charge in [0.1, 0.15) is 24.3 Å². The Morgan fingerprint density at radius 2 is 1.97 bits per heavy atom. The zero-order valence-corrected chi connectivity index (χ0v) is 19.0. The highest BCUT2D eigenvalue weighted by Gasteiger charge is 2.21. The van der Waals surface area contributed by atoms with Crippen LogP contribution in [0.2, 0.25) is 5.02 Å². The van der Waals surface area contributed by atoms with E-state index in [1.807, 2.05) is 18.2 Å². The maximum Gasteiger partial charge on any atom is 0.161 e. The van der Waals surface area contributed by atoms with Gasteiger partial charge < -0.3 is 24.8 Å². The fraction of sp³-hybridized carbons (Fsp3) is 0.333. The van der Waals surface area contributed by atoms with Gasteiger partial charge in [-0.3, -0.25) is 10.2 Å². The Hall–Kier alpha value is -2.94. The van der Waals surface area contributed by atoms with E-state index < -0.39 is 11.9 Å². The molecule has 1 unspecified atom stereocenters. The molecule has 5 rings (SSSR count). The predicted octanol–water partition coefficient (Wildman–Crippen LogP) is 4.98. The zero-order chi connectivity index (χ0) is 22.9. The molecule has 1 aliphatic carbocycles. The number of nitrogens with zero attached hydrogens (tertiary/aromatic N) is 1. The first-order valence-corrected chi connectivity index (χ1v) is 11.4. The Morgan fingerprint density at radius 3 is 2.73 bits per heavy atom. The highest BCUT2D eigenvalue weighted by molar-refractivity contribution is 6.31. The first kappa shape index (κ1) is 21.9. The normalized spacial score (nSPS) is 15.4. The molecule has 2 aliphatic heterocycles. The number of nitrogens with one attached hydrogen (secondary N) is 3. The van der Waals surface area contributed by atoms with E-state index in [-0.39, 0.29) is 11.6 Å². The molecule has 33 heavy (non-hydrogen) atoms. The van der Waals surface area contributed by atoms with Gasteiger partial charge >= 0.3 is 0 Å². The molecule has 0 radical (unpaired) electrons. The number of aliphatic hydroxyl groups is 1. The summed E-state index contributed by atoms with van der Waals surface area (Å²) < 4.78 is 25.0. The van der Waals surface area contributed by atoms with Crippen LogP contribution >= 0.6 is 11.6 Å². The topological polar surface area (TPSA) is 85.5 Å². The minimum Gasteiger partial charge on any atom is -0.493 e. The van der Waals surface area contributed by atoms with Crippen molar-refractivity contribution in [3.63, 3.8) is 0 Å². The fourth-order valence-electron chi connectivity index (χ4n) is 4.40. The lowest BCUT2D eigenvalue weighted by Gasteiger charge is -2.20. The van der Waals surface area contributed by atoms with E-state index in [2.05, 4.69) is 20.4 Å². The van der Waals surface area contributed by atoms with Crippen LogP contribution in [0.4, 0.5) is 15.9 Å². The van der Waals surface area contributed by atoms with E-state index in [1.165, 1.54) is 25.0 Å². The van der Waals surface area contributed by atoms with Crippen molar-refractivity contribution in [2.75, 3.05) is 38.7 Å². The molecular weight excluding hydrogens is 447 g/mol. The molecule has 0 aromatic heterocycles. The summed E-state index contributed by atoms with van der Waals surface area (Å²) >= 11 is 5.91.